The maximum Gasteiger partial charge on any atom is 0.236 e. The fourth-order valence-electron chi connectivity index (χ4n) is 3.45. The number of nitrogens with zero attached hydrogens (tertiary/aromatic N) is 4. The average molecular weight is 290 g/mol. The van der Waals surface area contributed by atoms with Gasteiger partial charge in [-0.05, 0) is 57.2 Å². The molecule has 0 N–H and O–H groups in total. The van der Waals surface area contributed by atoms with Gasteiger partial charge in [0.15, 0.2) is 0 Å². The zero-order chi connectivity index (χ0) is 14.7. The lowest BCUT2D eigenvalue weighted by Gasteiger charge is -2.32. The zero-order valence-electron chi connectivity index (χ0n) is 13.0. The SMILES string of the molecule is CCn1cc(C2CCN(CC(=O)N3CCCC3)CC2)cn1. The standard InChI is InChI=1S/C16H26N4O/c1-2-20-12-15(11-17-20)14-5-9-18(10-6-14)13-16(21)19-7-3-4-8-19/h11-12,14H,2-10,13H2,1H3. The van der Waals surface area contributed by atoms with Crippen molar-refractivity contribution in [2.45, 2.75) is 45.1 Å². The molecule has 2 fully saturated rings. The third-order valence-electron chi connectivity index (χ3n) is 4.85. The van der Waals surface area contributed by atoms with Crippen molar-refractivity contribution in [1.29, 1.82) is 0 Å². The molecular weight excluding hydrogens is 264 g/mol. The highest BCUT2D eigenvalue weighted by Gasteiger charge is 2.25. The second-order valence-corrected chi connectivity index (χ2v) is 6.27. The molecule has 0 aliphatic carbocycles. The van der Waals surface area contributed by atoms with Crippen LogP contribution in [0.2, 0.25) is 0 Å². The van der Waals surface area contributed by atoms with Gasteiger partial charge in [-0.2, -0.15) is 5.10 Å². The van der Waals surface area contributed by atoms with Gasteiger partial charge in [0, 0.05) is 25.8 Å². The zero-order valence-corrected chi connectivity index (χ0v) is 13.0. The van der Waals surface area contributed by atoms with Gasteiger partial charge in [0.05, 0.1) is 12.7 Å². The van der Waals surface area contributed by atoms with E-state index in [1.54, 1.807) is 0 Å². The van der Waals surface area contributed by atoms with Crippen molar-refractivity contribution < 1.29 is 4.79 Å². The van der Waals surface area contributed by atoms with Crippen LogP contribution < -0.4 is 0 Å². The first-order valence-corrected chi connectivity index (χ1v) is 8.28. The number of aryl methyl sites for hydroxylation is 1. The molecule has 3 rings (SSSR count). The van der Waals surface area contributed by atoms with Crippen molar-refractivity contribution in [2.24, 2.45) is 0 Å². The summed E-state index contributed by atoms with van der Waals surface area (Å²) in [5, 5.41) is 4.37. The first kappa shape index (κ1) is 14.6. The van der Waals surface area contributed by atoms with Gasteiger partial charge in [-0.3, -0.25) is 14.4 Å². The molecule has 0 spiro atoms. The number of rotatable bonds is 4. The summed E-state index contributed by atoms with van der Waals surface area (Å²) in [5.41, 5.74) is 1.36. The van der Waals surface area contributed by atoms with Crippen LogP contribution in [0, 0.1) is 0 Å². The number of hydrogen-bond acceptors (Lipinski definition) is 3. The Balaban J connectivity index is 1.47. The Labute approximate surface area is 126 Å². The molecule has 0 aromatic carbocycles. The van der Waals surface area contributed by atoms with Crippen molar-refractivity contribution in [3.05, 3.63) is 18.0 Å². The quantitative estimate of drug-likeness (QED) is 0.847. The molecule has 1 aromatic rings. The van der Waals surface area contributed by atoms with E-state index in [9.17, 15) is 4.79 Å². The van der Waals surface area contributed by atoms with Crippen LogP contribution in [-0.2, 0) is 11.3 Å². The number of amides is 1. The molecule has 0 bridgehead atoms. The molecule has 5 nitrogen and oxygen atoms in total. The predicted molar refractivity (Wildman–Crippen MR) is 82.1 cm³/mol. The second-order valence-electron chi connectivity index (χ2n) is 6.27. The van der Waals surface area contributed by atoms with Crippen molar-refractivity contribution in [1.82, 2.24) is 19.6 Å². The van der Waals surface area contributed by atoms with Crippen LogP contribution in [0.5, 0.6) is 0 Å². The fourth-order valence-corrected chi connectivity index (χ4v) is 3.45. The number of likely N-dealkylation sites (tertiary alicyclic amines) is 2. The van der Waals surface area contributed by atoms with Crippen LogP contribution >= 0.6 is 0 Å². The van der Waals surface area contributed by atoms with Crippen molar-refractivity contribution >= 4 is 5.91 Å². The number of aromatic nitrogens is 2. The predicted octanol–water partition coefficient (Wildman–Crippen LogP) is 1.70. The summed E-state index contributed by atoms with van der Waals surface area (Å²) in [5.74, 6) is 0.938. The molecule has 2 aliphatic heterocycles. The third kappa shape index (κ3) is 3.46. The summed E-state index contributed by atoms with van der Waals surface area (Å²) < 4.78 is 2.00. The highest BCUT2D eigenvalue weighted by Crippen LogP contribution is 2.27. The molecule has 116 valence electrons. The van der Waals surface area contributed by atoms with Gasteiger partial charge >= 0.3 is 0 Å². The van der Waals surface area contributed by atoms with Crippen LogP contribution in [0.25, 0.3) is 0 Å². The lowest BCUT2D eigenvalue weighted by atomic mass is 9.91. The van der Waals surface area contributed by atoms with Gasteiger partial charge in [-0.25, -0.2) is 0 Å². The smallest absolute Gasteiger partial charge is 0.236 e. The van der Waals surface area contributed by atoms with E-state index < -0.39 is 0 Å². The molecule has 1 aromatic heterocycles. The lowest BCUT2D eigenvalue weighted by Crippen LogP contribution is -2.42. The Kier molecular flexibility index (Phi) is 4.58. The minimum Gasteiger partial charge on any atom is -0.342 e. The average Bonchev–Trinajstić information content (AvgIpc) is 3.19. The maximum atomic E-state index is 12.2. The highest BCUT2D eigenvalue weighted by atomic mass is 16.2. The molecule has 0 atom stereocenters. The van der Waals surface area contributed by atoms with Crippen molar-refractivity contribution in [3.63, 3.8) is 0 Å². The fraction of sp³-hybridized carbons (Fsp3) is 0.750. The van der Waals surface area contributed by atoms with E-state index in [-0.39, 0.29) is 0 Å². The van der Waals surface area contributed by atoms with Crippen LogP contribution in [0.15, 0.2) is 12.4 Å². The molecule has 2 aliphatic rings. The molecule has 0 radical (unpaired) electrons. The van der Waals surface area contributed by atoms with Crippen LogP contribution in [0.1, 0.15) is 44.1 Å². The van der Waals surface area contributed by atoms with Gasteiger partial charge in [-0.15, -0.1) is 0 Å². The molecular formula is C16H26N4O. The van der Waals surface area contributed by atoms with Gasteiger partial charge in [-0.1, -0.05) is 0 Å². The second kappa shape index (κ2) is 6.60. The normalized spacial score (nSPS) is 21.1. The van der Waals surface area contributed by atoms with Crippen molar-refractivity contribution in [3.8, 4) is 0 Å². The van der Waals surface area contributed by atoms with Gasteiger partial charge < -0.3 is 4.90 Å². The summed E-state index contributed by atoms with van der Waals surface area (Å²) in [6, 6.07) is 0. The first-order valence-electron chi connectivity index (χ1n) is 8.28. The lowest BCUT2D eigenvalue weighted by molar-refractivity contribution is -0.131. The summed E-state index contributed by atoms with van der Waals surface area (Å²) in [6.07, 6.45) is 8.82. The monoisotopic (exact) mass is 290 g/mol. The molecule has 5 heteroatoms. The minimum atomic E-state index is 0.324. The van der Waals surface area contributed by atoms with E-state index in [4.69, 9.17) is 0 Å². The molecule has 3 heterocycles. The van der Waals surface area contributed by atoms with E-state index in [1.165, 1.54) is 18.4 Å². The van der Waals surface area contributed by atoms with Crippen LogP contribution in [0.3, 0.4) is 0 Å². The number of carbonyl (C=O) groups is 1. The van der Waals surface area contributed by atoms with E-state index >= 15 is 0 Å². The largest absolute Gasteiger partial charge is 0.342 e. The third-order valence-corrected chi connectivity index (χ3v) is 4.85. The molecule has 1 amide bonds. The van der Waals surface area contributed by atoms with Crippen molar-refractivity contribution in [2.75, 3.05) is 32.7 Å². The number of piperidine rings is 1. The number of hydrogen-bond donors (Lipinski definition) is 0. The summed E-state index contributed by atoms with van der Waals surface area (Å²) in [4.78, 5) is 16.5. The first-order chi connectivity index (χ1) is 10.3. The topological polar surface area (TPSA) is 41.4 Å². The van der Waals surface area contributed by atoms with E-state index in [0.29, 0.717) is 18.4 Å². The van der Waals surface area contributed by atoms with Gasteiger partial charge in [0.25, 0.3) is 0 Å². The molecule has 0 unspecified atom stereocenters. The van der Waals surface area contributed by atoms with Crippen LogP contribution in [-0.4, -0.2) is 58.2 Å². The van der Waals surface area contributed by atoms with Crippen LogP contribution in [0.4, 0.5) is 0 Å². The molecule has 0 saturated carbocycles. The molecule has 2 saturated heterocycles. The molecule has 21 heavy (non-hydrogen) atoms. The Morgan fingerprint density at radius 3 is 2.57 bits per heavy atom. The summed E-state index contributed by atoms with van der Waals surface area (Å²) >= 11 is 0. The van der Waals surface area contributed by atoms with Gasteiger partial charge in [0.2, 0.25) is 5.91 Å². The number of carbonyl (C=O) groups excluding carboxylic acids is 1. The maximum absolute atomic E-state index is 12.2. The Hall–Kier alpha value is -1.36. The Morgan fingerprint density at radius 1 is 1.24 bits per heavy atom. The van der Waals surface area contributed by atoms with E-state index in [2.05, 4.69) is 23.1 Å². The minimum absolute atomic E-state index is 0.324. The summed E-state index contributed by atoms with van der Waals surface area (Å²) in [6.45, 7) is 7.65. The van der Waals surface area contributed by atoms with E-state index in [0.717, 1.165) is 45.6 Å². The summed E-state index contributed by atoms with van der Waals surface area (Å²) in [7, 11) is 0. The van der Waals surface area contributed by atoms with Gasteiger partial charge in [0.1, 0.15) is 0 Å². The highest BCUT2D eigenvalue weighted by molar-refractivity contribution is 5.78. The Morgan fingerprint density at radius 2 is 1.95 bits per heavy atom. The van der Waals surface area contributed by atoms with E-state index in [1.807, 2.05) is 15.8 Å². The Bertz CT molecular complexity index is 470.